The average molecular weight is 1300 g/mol. The van der Waals surface area contributed by atoms with E-state index in [1.165, 1.54) is 135 Å². The highest BCUT2D eigenvalue weighted by Gasteiger charge is 2.30. The molecule has 0 rings (SSSR count). The summed E-state index contributed by atoms with van der Waals surface area (Å²) in [6.45, 7) is 14.0. The number of aliphatic hydroxyl groups is 1. The van der Waals surface area contributed by atoms with Gasteiger partial charge < -0.3 is 33.8 Å². The lowest BCUT2D eigenvalue weighted by atomic mass is 9.99. The number of hydrogen-bond donors (Lipinski definition) is 3. The maximum Gasteiger partial charge on any atom is 0.472 e. The third-order valence-electron chi connectivity index (χ3n) is 16.2. The summed E-state index contributed by atoms with van der Waals surface area (Å²) in [5.74, 6) is 0.831. The fraction of sp³-hybridized carbons (Fsp3) is 0.942. The molecule has 0 spiro atoms. The topological polar surface area (TPSA) is 237 Å². The van der Waals surface area contributed by atoms with Crippen LogP contribution >= 0.6 is 15.6 Å². The monoisotopic (exact) mass is 1300 g/mol. The summed E-state index contributed by atoms with van der Waals surface area (Å²) in [5.41, 5.74) is 0. The number of carbonyl (C=O) groups excluding carboxylic acids is 4. The van der Waals surface area contributed by atoms with Gasteiger partial charge in [0.2, 0.25) is 0 Å². The number of ether oxygens (including phenoxy) is 4. The molecule has 19 heteroatoms. The van der Waals surface area contributed by atoms with Crippen LogP contribution in [0.3, 0.4) is 0 Å². The van der Waals surface area contributed by atoms with E-state index in [2.05, 4.69) is 55.4 Å². The molecular weight excluding hydrogens is 1160 g/mol. The van der Waals surface area contributed by atoms with Crippen LogP contribution in [0.1, 0.15) is 338 Å². The van der Waals surface area contributed by atoms with Gasteiger partial charge in [0, 0.05) is 25.7 Å². The van der Waals surface area contributed by atoms with Crippen LogP contribution in [-0.4, -0.2) is 96.7 Å². The zero-order valence-electron chi connectivity index (χ0n) is 57.3. The van der Waals surface area contributed by atoms with Crippen LogP contribution in [0.5, 0.6) is 0 Å². The van der Waals surface area contributed by atoms with E-state index in [1.54, 1.807) is 0 Å². The number of aliphatic hydroxyl groups excluding tert-OH is 1. The third-order valence-corrected chi connectivity index (χ3v) is 18.1. The SMILES string of the molecule is CCC(C)CCCCCCCCCCC(=O)OC[C@H](COP(=O)(O)OCC(O)COP(=O)(O)OC[C@@H](COC(=O)CCCCCCCCCC(C)C)OC(=O)CCCCCCCCCC(C)C)OC(=O)CCCCCCCCCCCCCCCC(C)C. The van der Waals surface area contributed by atoms with E-state index in [9.17, 15) is 43.2 Å². The summed E-state index contributed by atoms with van der Waals surface area (Å²) >= 11 is 0. The molecule has 0 aliphatic heterocycles. The van der Waals surface area contributed by atoms with E-state index in [4.69, 9.17) is 37.0 Å². The van der Waals surface area contributed by atoms with Crippen LogP contribution in [0.2, 0.25) is 0 Å². The molecule has 0 aromatic rings. The van der Waals surface area contributed by atoms with Crippen molar-refractivity contribution in [2.45, 2.75) is 356 Å². The van der Waals surface area contributed by atoms with Gasteiger partial charge in [-0.15, -0.1) is 0 Å². The zero-order valence-corrected chi connectivity index (χ0v) is 59.1. The Morgan fingerprint density at radius 1 is 0.318 bits per heavy atom. The van der Waals surface area contributed by atoms with E-state index < -0.39 is 97.5 Å². The quantitative estimate of drug-likeness (QED) is 0.0222. The lowest BCUT2D eigenvalue weighted by molar-refractivity contribution is -0.161. The van der Waals surface area contributed by atoms with Crippen LogP contribution in [-0.2, 0) is 65.4 Å². The van der Waals surface area contributed by atoms with Gasteiger partial charge in [-0.1, -0.05) is 287 Å². The summed E-state index contributed by atoms with van der Waals surface area (Å²) in [6.07, 6.45) is 40.4. The van der Waals surface area contributed by atoms with E-state index in [-0.39, 0.29) is 25.7 Å². The zero-order chi connectivity index (χ0) is 65.4. The largest absolute Gasteiger partial charge is 0.472 e. The molecule has 17 nitrogen and oxygen atoms in total. The highest BCUT2D eigenvalue weighted by Crippen LogP contribution is 2.45. The first-order valence-electron chi connectivity index (χ1n) is 35.7. The number of esters is 4. The standard InChI is InChI=1S/C69H134O17P2/c1-9-62(8)48-40-32-24-17-18-25-33-41-49-66(71)79-55-64(85-68(73)51-43-35-26-16-14-12-10-11-13-15-21-29-37-45-59(2)3)57-83-87(75,76)81-53-63(70)54-82-88(77,78)84-58-65(86-69(74)52-44-36-28-20-23-31-39-47-61(6)7)56-80-67(72)50-42-34-27-19-22-30-38-46-60(4)5/h59-65,70H,9-58H2,1-8H3,(H,75,76)(H,77,78)/t62?,63?,64-,65-/m1/s1. The molecule has 0 fully saturated rings. The predicted molar refractivity (Wildman–Crippen MR) is 354 cm³/mol. The number of phosphoric ester groups is 2. The van der Waals surface area contributed by atoms with Crippen LogP contribution in [0.25, 0.3) is 0 Å². The van der Waals surface area contributed by atoms with Gasteiger partial charge in [0.05, 0.1) is 26.4 Å². The van der Waals surface area contributed by atoms with Crippen LogP contribution in [0, 0.1) is 23.7 Å². The Balaban J connectivity index is 5.25. The molecule has 0 bridgehead atoms. The summed E-state index contributed by atoms with van der Waals surface area (Å²) in [6, 6.07) is 0. The predicted octanol–water partition coefficient (Wildman–Crippen LogP) is 19.3. The van der Waals surface area contributed by atoms with Crippen molar-refractivity contribution in [3.8, 4) is 0 Å². The molecule has 3 N–H and O–H groups in total. The molecule has 0 radical (unpaired) electrons. The van der Waals surface area contributed by atoms with E-state index in [1.807, 2.05) is 0 Å². The van der Waals surface area contributed by atoms with E-state index in [0.717, 1.165) is 108 Å². The fourth-order valence-corrected chi connectivity index (χ4v) is 11.9. The molecule has 6 atom stereocenters. The first-order chi connectivity index (χ1) is 42.1. The Kier molecular flexibility index (Phi) is 57.6. The summed E-state index contributed by atoms with van der Waals surface area (Å²) in [5, 5.41) is 10.6. The van der Waals surface area contributed by atoms with Crippen molar-refractivity contribution in [2.75, 3.05) is 39.6 Å². The highest BCUT2D eigenvalue weighted by atomic mass is 31.2. The number of rotatable bonds is 66. The second-order valence-electron chi connectivity index (χ2n) is 26.6. The van der Waals surface area contributed by atoms with Crippen molar-refractivity contribution >= 4 is 39.5 Å². The molecule has 0 aliphatic carbocycles. The van der Waals surface area contributed by atoms with Gasteiger partial charge in [0.15, 0.2) is 12.2 Å². The van der Waals surface area contributed by atoms with Gasteiger partial charge in [0.1, 0.15) is 19.3 Å². The highest BCUT2D eigenvalue weighted by molar-refractivity contribution is 7.47. The number of hydrogen-bond acceptors (Lipinski definition) is 15. The lowest BCUT2D eigenvalue weighted by Gasteiger charge is -2.21. The van der Waals surface area contributed by atoms with Crippen molar-refractivity contribution in [2.24, 2.45) is 23.7 Å². The van der Waals surface area contributed by atoms with Crippen LogP contribution < -0.4 is 0 Å². The van der Waals surface area contributed by atoms with Crippen molar-refractivity contribution < 1.29 is 80.2 Å². The molecule has 0 saturated heterocycles. The van der Waals surface area contributed by atoms with E-state index >= 15 is 0 Å². The summed E-state index contributed by atoms with van der Waals surface area (Å²) in [4.78, 5) is 72.4. The smallest absolute Gasteiger partial charge is 0.462 e. The lowest BCUT2D eigenvalue weighted by Crippen LogP contribution is -2.30. The van der Waals surface area contributed by atoms with E-state index in [0.29, 0.717) is 37.5 Å². The first-order valence-corrected chi connectivity index (χ1v) is 38.7. The minimum absolute atomic E-state index is 0.102. The molecule has 0 heterocycles. The van der Waals surface area contributed by atoms with Gasteiger partial charge in [-0.25, -0.2) is 9.13 Å². The Morgan fingerprint density at radius 2 is 0.545 bits per heavy atom. The third kappa shape index (κ3) is 61.6. The molecule has 0 aromatic heterocycles. The first kappa shape index (κ1) is 86.1. The van der Waals surface area contributed by atoms with Gasteiger partial charge in [0.25, 0.3) is 0 Å². The molecular formula is C69H134O17P2. The number of unbranched alkanes of at least 4 members (excludes halogenated alkanes) is 31. The average Bonchev–Trinajstić information content (AvgIpc) is 3.59. The summed E-state index contributed by atoms with van der Waals surface area (Å²) < 4.78 is 68.2. The molecule has 522 valence electrons. The van der Waals surface area contributed by atoms with Gasteiger partial charge in [-0.3, -0.25) is 37.3 Å². The van der Waals surface area contributed by atoms with Crippen molar-refractivity contribution in [3.63, 3.8) is 0 Å². The van der Waals surface area contributed by atoms with Crippen LogP contribution in [0.15, 0.2) is 0 Å². The van der Waals surface area contributed by atoms with Crippen molar-refractivity contribution in [3.05, 3.63) is 0 Å². The minimum Gasteiger partial charge on any atom is -0.462 e. The van der Waals surface area contributed by atoms with Crippen molar-refractivity contribution in [1.29, 1.82) is 0 Å². The Bertz CT molecular complexity index is 1750. The number of carbonyl (C=O) groups is 4. The molecule has 88 heavy (non-hydrogen) atoms. The molecule has 0 saturated carbocycles. The molecule has 4 unspecified atom stereocenters. The minimum atomic E-state index is -4.95. The fourth-order valence-electron chi connectivity index (χ4n) is 10.3. The Morgan fingerprint density at radius 3 is 0.807 bits per heavy atom. The maximum atomic E-state index is 13.0. The number of phosphoric acid groups is 2. The Hall–Kier alpha value is -1.94. The molecule has 0 aromatic carbocycles. The second kappa shape index (κ2) is 58.8. The van der Waals surface area contributed by atoms with Crippen LogP contribution in [0.4, 0.5) is 0 Å². The van der Waals surface area contributed by atoms with Gasteiger partial charge in [-0.05, 0) is 49.4 Å². The maximum absolute atomic E-state index is 13.0. The Labute approximate surface area is 537 Å². The molecule has 0 amide bonds. The second-order valence-corrected chi connectivity index (χ2v) is 29.5. The van der Waals surface area contributed by atoms with Gasteiger partial charge >= 0.3 is 39.5 Å². The van der Waals surface area contributed by atoms with Crippen molar-refractivity contribution in [1.82, 2.24) is 0 Å². The normalized spacial score (nSPS) is 14.6. The molecule has 0 aliphatic rings. The van der Waals surface area contributed by atoms with Gasteiger partial charge in [-0.2, -0.15) is 0 Å². The summed E-state index contributed by atoms with van der Waals surface area (Å²) in [7, 11) is -9.90.